The third kappa shape index (κ3) is 2.01. The number of rotatable bonds is 0. The van der Waals surface area contributed by atoms with Crippen LogP contribution >= 0.6 is 0 Å². The Bertz CT molecular complexity index is 241. The predicted molar refractivity (Wildman–Crippen MR) is 47.8 cm³/mol. The molecule has 2 heterocycles. The summed E-state index contributed by atoms with van der Waals surface area (Å²) in [6.07, 6.45) is -5.13. The molecule has 15 heavy (non-hydrogen) atoms. The molecule has 0 aromatic carbocycles. The van der Waals surface area contributed by atoms with E-state index in [0.29, 0.717) is 0 Å². The lowest BCUT2D eigenvalue weighted by Crippen LogP contribution is -2.64. The topological polar surface area (TPSA) is 88.4 Å². The van der Waals surface area contributed by atoms with Crippen LogP contribution in [0.25, 0.3) is 0 Å². The van der Waals surface area contributed by atoms with Gasteiger partial charge in [0.25, 0.3) is 0 Å². The molecular weight excluding hydrogens is 204 g/mol. The normalized spacial score (nSPS) is 49.8. The molecule has 6 heteroatoms. The molecule has 1 unspecified atom stereocenters. The van der Waals surface area contributed by atoms with Crippen molar-refractivity contribution in [1.82, 2.24) is 0 Å². The van der Waals surface area contributed by atoms with Crippen molar-refractivity contribution >= 4 is 0 Å². The standard InChI is InChI=1S/C9H16O6/c1-9(2)13-3-4-7(15-9)5(10)6(11)8(12)14-4/h4-8,10-12H,3H2,1-2H3/t4-,5-,6+,7-,8?/m1/s1. The average molecular weight is 220 g/mol. The van der Waals surface area contributed by atoms with Crippen molar-refractivity contribution in [2.24, 2.45) is 0 Å². The Morgan fingerprint density at radius 2 is 1.80 bits per heavy atom. The first-order chi connectivity index (χ1) is 6.91. The summed E-state index contributed by atoms with van der Waals surface area (Å²) in [5, 5.41) is 28.4. The van der Waals surface area contributed by atoms with E-state index in [-0.39, 0.29) is 6.61 Å². The molecule has 3 N–H and O–H groups in total. The fourth-order valence-electron chi connectivity index (χ4n) is 1.84. The Morgan fingerprint density at radius 3 is 2.47 bits per heavy atom. The Balaban J connectivity index is 2.12. The summed E-state index contributed by atoms with van der Waals surface area (Å²) in [5.74, 6) is -0.812. The van der Waals surface area contributed by atoms with Gasteiger partial charge in [-0.25, -0.2) is 0 Å². The van der Waals surface area contributed by atoms with Gasteiger partial charge in [0, 0.05) is 0 Å². The quantitative estimate of drug-likeness (QED) is 0.464. The van der Waals surface area contributed by atoms with Crippen molar-refractivity contribution < 1.29 is 29.5 Å². The van der Waals surface area contributed by atoms with Gasteiger partial charge in [0.05, 0.1) is 6.61 Å². The average Bonchev–Trinajstić information content (AvgIpc) is 2.16. The van der Waals surface area contributed by atoms with Gasteiger partial charge in [-0.05, 0) is 13.8 Å². The van der Waals surface area contributed by atoms with Crippen molar-refractivity contribution in [2.45, 2.75) is 50.3 Å². The number of fused-ring (bicyclic) bond motifs is 1. The molecule has 2 rings (SSSR count). The lowest BCUT2D eigenvalue weighted by atomic mass is 9.98. The van der Waals surface area contributed by atoms with E-state index in [1.165, 1.54) is 0 Å². The second-order valence-electron chi connectivity index (χ2n) is 4.34. The van der Waals surface area contributed by atoms with Gasteiger partial charge >= 0.3 is 0 Å². The molecule has 88 valence electrons. The van der Waals surface area contributed by atoms with E-state index in [1.54, 1.807) is 13.8 Å². The molecule has 0 amide bonds. The molecule has 0 aromatic heterocycles. The van der Waals surface area contributed by atoms with Crippen LogP contribution in [-0.2, 0) is 14.2 Å². The van der Waals surface area contributed by atoms with E-state index in [2.05, 4.69) is 0 Å². The van der Waals surface area contributed by atoms with Crippen LogP contribution in [-0.4, -0.2) is 58.4 Å². The third-order valence-electron chi connectivity index (χ3n) is 2.67. The lowest BCUT2D eigenvalue weighted by molar-refractivity contribution is -0.377. The van der Waals surface area contributed by atoms with Crippen LogP contribution in [0.4, 0.5) is 0 Å². The van der Waals surface area contributed by atoms with Gasteiger partial charge in [-0.3, -0.25) is 0 Å². The summed E-state index contributed by atoms with van der Waals surface area (Å²) in [6, 6.07) is 0. The molecule has 0 aliphatic carbocycles. The van der Waals surface area contributed by atoms with Gasteiger partial charge in [0.2, 0.25) is 0 Å². The fourth-order valence-corrected chi connectivity index (χ4v) is 1.84. The van der Waals surface area contributed by atoms with Gasteiger partial charge < -0.3 is 29.5 Å². The maximum absolute atomic E-state index is 9.70. The molecular formula is C9H16O6. The molecule has 2 aliphatic rings. The van der Waals surface area contributed by atoms with E-state index in [9.17, 15) is 15.3 Å². The second-order valence-corrected chi connectivity index (χ2v) is 4.34. The Labute approximate surface area is 87.4 Å². The molecule has 0 radical (unpaired) electrons. The number of hydrogen-bond donors (Lipinski definition) is 3. The fraction of sp³-hybridized carbons (Fsp3) is 1.00. The van der Waals surface area contributed by atoms with Crippen molar-refractivity contribution in [2.75, 3.05) is 6.61 Å². The highest BCUT2D eigenvalue weighted by molar-refractivity contribution is 4.92. The van der Waals surface area contributed by atoms with E-state index in [1.807, 2.05) is 0 Å². The zero-order valence-electron chi connectivity index (χ0n) is 8.66. The first-order valence-corrected chi connectivity index (χ1v) is 4.92. The first kappa shape index (κ1) is 11.3. The van der Waals surface area contributed by atoms with Crippen LogP contribution in [0.3, 0.4) is 0 Å². The summed E-state index contributed by atoms with van der Waals surface area (Å²) >= 11 is 0. The Hall–Kier alpha value is -0.240. The van der Waals surface area contributed by atoms with E-state index in [4.69, 9.17) is 14.2 Å². The lowest BCUT2D eigenvalue weighted by Gasteiger charge is -2.47. The van der Waals surface area contributed by atoms with E-state index < -0.39 is 36.5 Å². The predicted octanol–water partition coefficient (Wildman–Crippen LogP) is -1.42. The molecule has 5 atom stereocenters. The highest BCUT2D eigenvalue weighted by Gasteiger charge is 2.49. The molecule has 2 fully saturated rings. The van der Waals surface area contributed by atoms with Gasteiger partial charge in [0.15, 0.2) is 12.1 Å². The van der Waals surface area contributed by atoms with Gasteiger partial charge in [-0.15, -0.1) is 0 Å². The molecule has 6 nitrogen and oxygen atoms in total. The molecule has 0 aromatic rings. The van der Waals surface area contributed by atoms with Crippen LogP contribution in [0.15, 0.2) is 0 Å². The molecule has 0 saturated carbocycles. The summed E-state index contributed by atoms with van der Waals surface area (Å²) < 4.78 is 15.8. The largest absolute Gasteiger partial charge is 0.387 e. The summed E-state index contributed by atoms with van der Waals surface area (Å²) in [4.78, 5) is 0. The summed E-state index contributed by atoms with van der Waals surface area (Å²) in [6.45, 7) is 3.65. The maximum Gasteiger partial charge on any atom is 0.184 e. The smallest absolute Gasteiger partial charge is 0.184 e. The number of aliphatic hydroxyl groups is 3. The number of ether oxygens (including phenoxy) is 3. The van der Waals surface area contributed by atoms with Crippen LogP contribution in [0.5, 0.6) is 0 Å². The van der Waals surface area contributed by atoms with Crippen molar-refractivity contribution in [3.8, 4) is 0 Å². The molecule has 2 saturated heterocycles. The number of aliphatic hydroxyl groups excluding tert-OH is 3. The zero-order valence-corrected chi connectivity index (χ0v) is 8.66. The van der Waals surface area contributed by atoms with E-state index in [0.717, 1.165) is 0 Å². The van der Waals surface area contributed by atoms with Crippen molar-refractivity contribution in [1.29, 1.82) is 0 Å². The third-order valence-corrected chi connectivity index (χ3v) is 2.67. The Kier molecular flexibility index (Phi) is 2.74. The molecule has 2 aliphatic heterocycles. The van der Waals surface area contributed by atoms with Gasteiger partial charge in [-0.2, -0.15) is 0 Å². The highest BCUT2D eigenvalue weighted by atomic mass is 16.7. The summed E-state index contributed by atoms with van der Waals surface area (Å²) in [5.41, 5.74) is 0. The zero-order chi connectivity index (χ0) is 11.2. The van der Waals surface area contributed by atoms with Crippen molar-refractivity contribution in [3.63, 3.8) is 0 Å². The highest BCUT2D eigenvalue weighted by Crippen LogP contribution is 2.31. The van der Waals surface area contributed by atoms with Crippen LogP contribution < -0.4 is 0 Å². The van der Waals surface area contributed by atoms with Gasteiger partial charge in [-0.1, -0.05) is 0 Å². The van der Waals surface area contributed by atoms with Gasteiger partial charge in [0.1, 0.15) is 24.4 Å². The first-order valence-electron chi connectivity index (χ1n) is 4.92. The van der Waals surface area contributed by atoms with Crippen LogP contribution in [0.1, 0.15) is 13.8 Å². The number of hydrogen-bond acceptors (Lipinski definition) is 6. The van der Waals surface area contributed by atoms with E-state index >= 15 is 0 Å². The van der Waals surface area contributed by atoms with Crippen LogP contribution in [0.2, 0.25) is 0 Å². The minimum Gasteiger partial charge on any atom is -0.387 e. The Morgan fingerprint density at radius 1 is 1.13 bits per heavy atom. The van der Waals surface area contributed by atoms with Crippen LogP contribution in [0, 0.1) is 0 Å². The minimum absolute atomic E-state index is 0.221. The SMILES string of the molecule is CC1(C)OC[C@H]2OC(O)[C@@H](O)[C@@H](O)[C@@H]2O1. The minimum atomic E-state index is -1.39. The molecule has 0 spiro atoms. The second kappa shape index (κ2) is 3.65. The summed E-state index contributed by atoms with van der Waals surface area (Å²) in [7, 11) is 0. The maximum atomic E-state index is 9.70. The van der Waals surface area contributed by atoms with Crippen molar-refractivity contribution in [3.05, 3.63) is 0 Å². The monoisotopic (exact) mass is 220 g/mol. The molecule has 0 bridgehead atoms.